The summed E-state index contributed by atoms with van der Waals surface area (Å²) < 4.78 is 0. The van der Waals surface area contributed by atoms with Crippen LogP contribution >= 0.6 is 11.6 Å². The van der Waals surface area contributed by atoms with Crippen molar-refractivity contribution >= 4 is 42.3 Å². The molecule has 3 N–H and O–H groups in total. The number of halogens is 1. The Labute approximate surface area is 183 Å². The zero-order chi connectivity index (χ0) is 21.9. The minimum Gasteiger partial charge on any atom is -0.478 e. The fourth-order valence-electron chi connectivity index (χ4n) is 3.48. The molecule has 2 heterocycles. The number of aromatic carboxylic acids is 1. The van der Waals surface area contributed by atoms with Gasteiger partial charge < -0.3 is 20.4 Å². The molecule has 0 aliphatic carbocycles. The summed E-state index contributed by atoms with van der Waals surface area (Å²) in [5.41, 5.74) is 0.958. The van der Waals surface area contributed by atoms with Crippen LogP contribution in [-0.4, -0.2) is 66.7 Å². The molecule has 1 saturated heterocycles. The molecule has 0 radical (unpaired) electrons. The minimum absolute atomic E-state index is 0.0694. The van der Waals surface area contributed by atoms with Crippen molar-refractivity contribution in [1.29, 1.82) is 0 Å². The van der Waals surface area contributed by atoms with Gasteiger partial charge in [0.15, 0.2) is 6.35 Å². The molecule has 0 amide bonds. The first-order valence-electron chi connectivity index (χ1n) is 10.1. The molecule has 3 rings (SSSR count). The number of carboxylic acids is 1. The van der Waals surface area contributed by atoms with Crippen molar-refractivity contribution in [3.8, 4) is 0 Å². The van der Waals surface area contributed by atoms with Crippen molar-refractivity contribution < 1.29 is 15.0 Å². The van der Waals surface area contributed by atoms with Gasteiger partial charge in [0.1, 0.15) is 5.82 Å². The molecular formula is C21H29ClN4O3Si. The Kier molecular flexibility index (Phi) is 7.02. The van der Waals surface area contributed by atoms with Crippen LogP contribution in [0.1, 0.15) is 16.8 Å². The molecule has 1 aliphatic heterocycles. The van der Waals surface area contributed by atoms with Gasteiger partial charge >= 0.3 is 5.97 Å². The maximum atomic E-state index is 11.1. The van der Waals surface area contributed by atoms with Crippen molar-refractivity contribution in [2.45, 2.75) is 32.4 Å². The highest BCUT2D eigenvalue weighted by atomic mass is 35.5. The topological polar surface area (TPSA) is 88.9 Å². The van der Waals surface area contributed by atoms with E-state index < -0.39 is 20.4 Å². The highest BCUT2D eigenvalue weighted by molar-refractivity contribution is 6.88. The highest BCUT2D eigenvalue weighted by Crippen LogP contribution is 2.25. The number of hydrogen-bond donors (Lipinski definition) is 3. The van der Waals surface area contributed by atoms with Gasteiger partial charge in [-0.25, -0.2) is 9.78 Å². The van der Waals surface area contributed by atoms with E-state index in [1.165, 1.54) is 17.4 Å². The van der Waals surface area contributed by atoms with E-state index in [0.29, 0.717) is 23.9 Å². The second kappa shape index (κ2) is 9.34. The van der Waals surface area contributed by atoms with Gasteiger partial charge in [-0.3, -0.25) is 4.90 Å². The van der Waals surface area contributed by atoms with Gasteiger partial charge in [-0.1, -0.05) is 48.6 Å². The van der Waals surface area contributed by atoms with Gasteiger partial charge in [0.2, 0.25) is 0 Å². The van der Waals surface area contributed by atoms with E-state index in [-0.39, 0.29) is 5.56 Å². The molecule has 1 aromatic carbocycles. The third-order valence-corrected chi connectivity index (χ3v) is 7.63. The van der Waals surface area contributed by atoms with Crippen LogP contribution in [-0.2, 0) is 0 Å². The molecule has 1 fully saturated rings. The van der Waals surface area contributed by atoms with Crippen molar-refractivity contribution in [2.75, 3.05) is 36.4 Å². The number of aromatic nitrogens is 1. The number of benzene rings is 1. The summed E-state index contributed by atoms with van der Waals surface area (Å²) in [5.74, 6) is -0.474. The number of aliphatic hydroxyl groups is 1. The van der Waals surface area contributed by atoms with E-state index in [0.717, 1.165) is 25.2 Å². The SMILES string of the molecule is C[Si](C)(C)c1ccc(NC(O)N2CCCN(c3ncc(C(=O)O)cc3Cl)CC2)cc1. The van der Waals surface area contributed by atoms with E-state index in [1.54, 1.807) is 0 Å². The first-order chi connectivity index (χ1) is 14.1. The van der Waals surface area contributed by atoms with Crippen molar-refractivity contribution in [3.63, 3.8) is 0 Å². The maximum absolute atomic E-state index is 11.1. The van der Waals surface area contributed by atoms with E-state index in [1.807, 2.05) is 21.9 Å². The summed E-state index contributed by atoms with van der Waals surface area (Å²) >= 11 is 6.27. The first kappa shape index (κ1) is 22.5. The van der Waals surface area contributed by atoms with E-state index in [9.17, 15) is 9.90 Å². The lowest BCUT2D eigenvalue weighted by Gasteiger charge is -2.28. The van der Waals surface area contributed by atoms with Crippen molar-refractivity contribution in [1.82, 2.24) is 9.88 Å². The Morgan fingerprint density at radius 1 is 1.17 bits per heavy atom. The predicted octanol–water partition coefficient (Wildman–Crippen LogP) is 2.88. The number of nitrogens with zero attached hydrogens (tertiary/aromatic N) is 3. The summed E-state index contributed by atoms with van der Waals surface area (Å²) in [4.78, 5) is 19.3. The number of nitrogens with one attached hydrogen (secondary N) is 1. The average Bonchev–Trinajstić information content (AvgIpc) is 2.94. The zero-order valence-corrected chi connectivity index (χ0v) is 19.4. The Bertz CT molecular complexity index is 889. The van der Waals surface area contributed by atoms with Crippen LogP contribution in [0.4, 0.5) is 11.5 Å². The zero-order valence-electron chi connectivity index (χ0n) is 17.6. The summed E-state index contributed by atoms with van der Waals surface area (Å²) in [5, 5.41) is 24.6. The number of hydrogen-bond acceptors (Lipinski definition) is 6. The monoisotopic (exact) mass is 448 g/mol. The molecule has 1 atom stereocenters. The van der Waals surface area contributed by atoms with Gasteiger partial charge in [0, 0.05) is 38.1 Å². The quantitative estimate of drug-likeness (QED) is 0.462. The van der Waals surface area contributed by atoms with Gasteiger partial charge in [0.05, 0.1) is 18.7 Å². The summed E-state index contributed by atoms with van der Waals surface area (Å²) in [7, 11) is -1.35. The second-order valence-corrected chi connectivity index (χ2v) is 14.0. The van der Waals surface area contributed by atoms with Crippen molar-refractivity contribution in [3.05, 3.63) is 47.1 Å². The molecule has 0 bridgehead atoms. The van der Waals surface area contributed by atoms with Crippen LogP contribution in [0.25, 0.3) is 0 Å². The smallest absolute Gasteiger partial charge is 0.337 e. The van der Waals surface area contributed by atoms with E-state index in [2.05, 4.69) is 42.1 Å². The third-order valence-electron chi connectivity index (χ3n) is 5.29. The van der Waals surface area contributed by atoms with E-state index in [4.69, 9.17) is 16.7 Å². The number of carbonyl (C=O) groups is 1. The molecular weight excluding hydrogens is 420 g/mol. The molecule has 0 saturated carbocycles. The van der Waals surface area contributed by atoms with Gasteiger partial charge in [0.25, 0.3) is 0 Å². The largest absolute Gasteiger partial charge is 0.478 e. The Balaban J connectivity index is 1.61. The number of rotatable bonds is 6. The average molecular weight is 449 g/mol. The molecule has 2 aromatic rings. The molecule has 1 unspecified atom stereocenters. The normalized spacial score (nSPS) is 16.8. The predicted molar refractivity (Wildman–Crippen MR) is 124 cm³/mol. The van der Waals surface area contributed by atoms with Crippen LogP contribution in [0, 0.1) is 0 Å². The second-order valence-electron chi connectivity index (χ2n) is 8.56. The van der Waals surface area contributed by atoms with Gasteiger partial charge in [-0.2, -0.15) is 0 Å². The molecule has 1 aliphatic rings. The lowest BCUT2D eigenvalue weighted by Crippen LogP contribution is -2.43. The lowest BCUT2D eigenvalue weighted by molar-refractivity contribution is 0.0313. The Hall–Kier alpha value is -2.13. The number of anilines is 2. The van der Waals surface area contributed by atoms with Gasteiger partial charge in [-0.15, -0.1) is 0 Å². The number of aliphatic hydroxyl groups excluding tert-OH is 1. The Morgan fingerprint density at radius 2 is 1.87 bits per heavy atom. The van der Waals surface area contributed by atoms with E-state index >= 15 is 0 Å². The van der Waals surface area contributed by atoms with Crippen LogP contribution < -0.4 is 15.4 Å². The van der Waals surface area contributed by atoms with Crippen LogP contribution in [0.15, 0.2) is 36.5 Å². The van der Waals surface area contributed by atoms with Crippen LogP contribution in [0.3, 0.4) is 0 Å². The fraction of sp³-hybridized carbons (Fsp3) is 0.429. The number of carboxylic acid groups (broad SMARTS) is 1. The Morgan fingerprint density at radius 3 is 2.47 bits per heavy atom. The fourth-order valence-corrected chi connectivity index (χ4v) is 4.93. The van der Waals surface area contributed by atoms with Gasteiger partial charge in [-0.05, 0) is 24.6 Å². The maximum Gasteiger partial charge on any atom is 0.337 e. The first-order valence-corrected chi connectivity index (χ1v) is 14.0. The number of pyridine rings is 1. The summed E-state index contributed by atoms with van der Waals surface area (Å²) in [6, 6.07) is 9.75. The minimum atomic E-state index is -1.35. The van der Waals surface area contributed by atoms with Crippen LogP contribution in [0.2, 0.25) is 24.7 Å². The molecule has 0 spiro atoms. The third kappa shape index (κ3) is 5.51. The standard InChI is InChI=1S/C21H29ClN4O3Si/c1-30(2,3)17-7-5-16(6-8-17)24-21(29)26-10-4-9-25(11-12-26)19-18(22)13-15(14-23-19)20(27)28/h5-8,13-14,21,24,29H,4,9-12H2,1-3H3,(H,27,28). The molecule has 30 heavy (non-hydrogen) atoms. The summed E-state index contributed by atoms with van der Waals surface area (Å²) in [6.45, 7) is 9.64. The molecule has 1 aromatic heterocycles. The molecule has 162 valence electrons. The highest BCUT2D eigenvalue weighted by Gasteiger charge is 2.23. The molecule has 7 nitrogen and oxygen atoms in total. The van der Waals surface area contributed by atoms with Crippen LogP contribution in [0.5, 0.6) is 0 Å². The summed E-state index contributed by atoms with van der Waals surface area (Å²) in [6.07, 6.45) is 1.36. The van der Waals surface area contributed by atoms with Crippen molar-refractivity contribution in [2.24, 2.45) is 0 Å². The molecule has 9 heteroatoms. The lowest BCUT2D eigenvalue weighted by atomic mass is 10.2.